The van der Waals surface area contributed by atoms with Crippen LogP contribution in [-0.2, 0) is 10.0 Å². The van der Waals surface area contributed by atoms with Gasteiger partial charge in [-0.1, -0.05) is 49.2 Å². The van der Waals surface area contributed by atoms with Crippen LogP contribution in [0.5, 0.6) is 0 Å². The normalized spacial score (nSPS) is 13.0. The summed E-state index contributed by atoms with van der Waals surface area (Å²) in [6.45, 7) is 3.98. The molecule has 1 atom stereocenters. The summed E-state index contributed by atoms with van der Waals surface area (Å²) in [5.74, 6) is -0.261. The molecule has 0 aromatic heterocycles. The topological polar surface area (TPSA) is 66.5 Å². The van der Waals surface area contributed by atoms with Crippen LogP contribution in [0.25, 0.3) is 0 Å². The van der Waals surface area contributed by atoms with Crippen LogP contribution in [-0.4, -0.2) is 32.7 Å². The average Bonchev–Trinajstić information content (AvgIpc) is 2.60. The molecule has 0 saturated heterocycles. The quantitative estimate of drug-likeness (QED) is 0.742. The van der Waals surface area contributed by atoms with E-state index in [-0.39, 0.29) is 33.3 Å². The molecule has 0 bridgehead atoms. The van der Waals surface area contributed by atoms with Crippen LogP contribution >= 0.6 is 23.2 Å². The van der Waals surface area contributed by atoms with Gasteiger partial charge >= 0.3 is 0 Å². The minimum atomic E-state index is -3.76. The van der Waals surface area contributed by atoms with Crippen LogP contribution in [0.15, 0.2) is 47.4 Å². The summed E-state index contributed by atoms with van der Waals surface area (Å²) in [6, 6.07) is 11.2. The second-order valence-corrected chi connectivity index (χ2v) is 9.64. The molecule has 0 aliphatic carbocycles. The number of benzene rings is 2. The molecular formula is C19H22Cl2N2O3S. The summed E-state index contributed by atoms with van der Waals surface area (Å²) >= 11 is 12.0. The zero-order valence-electron chi connectivity index (χ0n) is 15.5. The van der Waals surface area contributed by atoms with Crippen molar-refractivity contribution in [1.29, 1.82) is 0 Å². The summed E-state index contributed by atoms with van der Waals surface area (Å²) in [5, 5.41) is 3.64. The Labute approximate surface area is 170 Å². The summed E-state index contributed by atoms with van der Waals surface area (Å²) in [6.07, 6.45) is 0. The lowest BCUT2D eigenvalue weighted by Gasteiger charge is -2.23. The molecule has 1 N–H and O–H groups in total. The van der Waals surface area contributed by atoms with Crippen molar-refractivity contribution in [1.82, 2.24) is 9.62 Å². The molecule has 0 heterocycles. The van der Waals surface area contributed by atoms with E-state index in [2.05, 4.69) is 5.32 Å². The maximum atomic E-state index is 12.8. The monoisotopic (exact) mass is 428 g/mol. The van der Waals surface area contributed by atoms with Gasteiger partial charge in [0.1, 0.15) is 4.90 Å². The van der Waals surface area contributed by atoms with Crippen LogP contribution in [0.3, 0.4) is 0 Å². The van der Waals surface area contributed by atoms with E-state index in [4.69, 9.17) is 23.2 Å². The third kappa shape index (κ3) is 5.02. The van der Waals surface area contributed by atoms with E-state index in [0.717, 1.165) is 9.87 Å². The first kappa shape index (κ1) is 21.7. The van der Waals surface area contributed by atoms with E-state index in [1.165, 1.54) is 32.3 Å². The highest BCUT2D eigenvalue weighted by Crippen LogP contribution is 2.27. The molecule has 146 valence electrons. The minimum Gasteiger partial charge on any atom is -0.345 e. The predicted octanol–water partition coefficient (Wildman–Crippen LogP) is 4.37. The molecule has 1 amide bonds. The van der Waals surface area contributed by atoms with Crippen molar-refractivity contribution in [3.05, 3.63) is 63.6 Å². The highest BCUT2D eigenvalue weighted by Gasteiger charge is 2.24. The molecule has 27 heavy (non-hydrogen) atoms. The van der Waals surface area contributed by atoms with Gasteiger partial charge in [-0.3, -0.25) is 4.79 Å². The first-order valence-corrected chi connectivity index (χ1v) is 10.5. The number of hydrogen-bond acceptors (Lipinski definition) is 3. The van der Waals surface area contributed by atoms with E-state index >= 15 is 0 Å². The largest absolute Gasteiger partial charge is 0.345 e. The van der Waals surface area contributed by atoms with Gasteiger partial charge in [0.25, 0.3) is 5.91 Å². The summed E-state index contributed by atoms with van der Waals surface area (Å²) < 4.78 is 25.9. The van der Waals surface area contributed by atoms with Crippen molar-refractivity contribution in [2.24, 2.45) is 5.92 Å². The maximum absolute atomic E-state index is 12.8. The van der Waals surface area contributed by atoms with Gasteiger partial charge in [0.2, 0.25) is 10.0 Å². The molecule has 2 aromatic carbocycles. The zero-order valence-corrected chi connectivity index (χ0v) is 17.9. The number of amides is 1. The molecule has 0 aliphatic heterocycles. The molecule has 1 unspecified atom stereocenters. The number of sulfonamides is 1. The second kappa shape index (κ2) is 8.61. The lowest BCUT2D eigenvalue weighted by atomic mass is 9.95. The van der Waals surface area contributed by atoms with Crippen molar-refractivity contribution in [2.75, 3.05) is 14.1 Å². The Morgan fingerprint density at radius 2 is 1.63 bits per heavy atom. The maximum Gasteiger partial charge on any atom is 0.251 e. The molecule has 0 fully saturated rings. The van der Waals surface area contributed by atoms with Gasteiger partial charge in [-0.25, -0.2) is 12.7 Å². The van der Waals surface area contributed by atoms with Gasteiger partial charge in [-0.2, -0.15) is 0 Å². The van der Waals surface area contributed by atoms with E-state index in [1.807, 2.05) is 26.0 Å². The predicted molar refractivity (Wildman–Crippen MR) is 109 cm³/mol. The van der Waals surface area contributed by atoms with Crippen LogP contribution in [0.4, 0.5) is 0 Å². The molecule has 0 spiro atoms. The SMILES string of the molecule is CC(C)C(NC(=O)c1ccc(Cl)c(S(=O)(=O)N(C)C)c1)c1ccc(Cl)cc1. The van der Waals surface area contributed by atoms with Crippen LogP contribution in [0.1, 0.15) is 35.8 Å². The Balaban J connectivity index is 2.35. The van der Waals surface area contributed by atoms with Gasteiger partial charge in [0.05, 0.1) is 11.1 Å². The van der Waals surface area contributed by atoms with Gasteiger partial charge in [-0.05, 0) is 41.8 Å². The number of hydrogen-bond donors (Lipinski definition) is 1. The third-order valence-electron chi connectivity index (χ3n) is 4.13. The summed E-state index contributed by atoms with van der Waals surface area (Å²) in [7, 11) is -0.938. The Morgan fingerprint density at radius 3 is 2.15 bits per heavy atom. The number of carbonyl (C=O) groups is 1. The molecule has 0 aliphatic rings. The van der Waals surface area contributed by atoms with Crippen molar-refractivity contribution in [2.45, 2.75) is 24.8 Å². The molecule has 2 rings (SSSR count). The lowest BCUT2D eigenvalue weighted by Crippen LogP contribution is -2.32. The second-order valence-electron chi connectivity index (χ2n) is 6.68. The summed E-state index contributed by atoms with van der Waals surface area (Å²) in [4.78, 5) is 12.7. The highest BCUT2D eigenvalue weighted by molar-refractivity contribution is 7.89. The first-order valence-electron chi connectivity index (χ1n) is 8.32. The highest BCUT2D eigenvalue weighted by atomic mass is 35.5. The van der Waals surface area contributed by atoms with E-state index in [0.29, 0.717) is 5.02 Å². The molecule has 0 radical (unpaired) electrons. The number of rotatable bonds is 6. The fourth-order valence-electron chi connectivity index (χ4n) is 2.57. The number of halogens is 2. The van der Waals surface area contributed by atoms with E-state index < -0.39 is 10.0 Å². The average molecular weight is 429 g/mol. The van der Waals surface area contributed by atoms with Crippen LogP contribution in [0.2, 0.25) is 10.0 Å². The first-order chi connectivity index (χ1) is 12.5. The fraction of sp³-hybridized carbons (Fsp3) is 0.316. The number of nitrogens with zero attached hydrogens (tertiary/aromatic N) is 1. The summed E-state index contributed by atoms with van der Waals surface area (Å²) in [5.41, 5.74) is 1.14. The number of nitrogens with one attached hydrogen (secondary N) is 1. The lowest BCUT2D eigenvalue weighted by molar-refractivity contribution is 0.0925. The number of carbonyl (C=O) groups excluding carboxylic acids is 1. The van der Waals surface area contributed by atoms with Crippen molar-refractivity contribution < 1.29 is 13.2 Å². The Bertz CT molecular complexity index is 926. The van der Waals surface area contributed by atoms with Crippen molar-refractivity contribution >= 4 is 39.1 Å². The van der Waals surface area contributed by atoms with Gasteiger partial charge in [-0.15, -0.1) is 0 Å². The van der Waals surface area contributed by atoms with E-state index in [9.17, 15) is 13.2 Å². The van der Waals surface area contributed by atoms with Gasteiger partial charge in [0.15, 0.2) is 0 Å². The van der Waals surface area contributed by atoms with Crippen LogP contribution < -0.4 is 5.32 Å². The minimum absolute atomic E-state index is 0.0679. The molecule has 5 nitrogen and oxygen atoms in total. The standard InChI is InChI=1S/C19H22Cl2N2O3S/c1-12(2)18(13-5-8-15(20)9-6-13)22-19(24)14-7-10-16(21)17(11-14)27(25,26)23(3)4/h5-12,18H,1-4H3,(H,22,24). The van der Waals surface area contributed by atoms with Crippen molar-refractivity contribution in [3.8, 4) is 0 Å². The Morgan fingerprint density at radius 1 is 1.04 bits per heavy atom. The molecule has 8 heteroatoms. The molecular weight excluding hydrogens is 407 g/mol. The Kier molecular flexibility index (Phi) is 6.92. The fourth-order valence-corrected chi connectivity index (χ4v) is 4.09. The molecule has 0 saturated carbocycles. The molecule has 2 aromatic rings. The zero-order chi connectivity index (χ0) is 20.4. The third-order valence-corrected chi connectivity index (χ3v) is 6.68. The van der Waals surface area contributed by atoms with Crippen molar-refractivity contribution in [3.63, 3.8) is 0 Å². The van der Waals surface area contributed by atoms with Crippen LogP contribution in [0, 0.1) is 5.92 Å². The Hall–Kier alpha value is -1.60. The van der Waals surface area contributed by atoms with Gasteiger partial charge < -0.3 is 5.32 Å². The smallest absolute Gasteiger partial charge is 0.251 e. The van der Waals surface area contributed by atoms with Gasteiger partial charge in [0, 0.05) is 24.7 Å². The van der Waals surface area contributed by atoms with E-state index in [1.54, 1.807) is 12.1 Å².